The molecule has 0 aliphatic heterocycles. The summed E-state index contributed by atoms with van der Waals surface area (Å²) in [6.45, 7) is 5.43. The molecular formula is C16H15F3N4O. The molecule has 0 saturated heterocycles. The first kappa shape index (κ1) is 17.5. The third-order valence-electron chi connectivity index (χ3n) is 2.94. The van der Waals surface area contributed by atoms with Crippen LogP contribution in [0.3, 0.4) is 0 Å². The zero-order valence-corrected chi connectivity index (χ0v) is 12.8. The van der Waals surface area contributed by atoms with Gasteiger partial charge in [0.15, 0.2) is 0 Å². The quantitative estimate of drug-likeness (QED) is 0.821. The lowest BCUT2D eigenvalue weighted by atomic mass is 10.2. The summed E-state index contributed by atoms with van der Waals surface area (Å²) < 4.78 is 38.2. The van der Waals surface area contributed by atoms with Crippen molar-refractivity contribution in [3.05, 3.63) is 59.9 Å². The topological polar surface area (TPSA) is 66.9 Å². The van der Waals surface area contributed by atoms with Gasteiger partial charge in [0, 0.05) is 17.9 Å². The number of nitrogens with zero attached hydrogens (tertiary/aromatic N) is 2. The van der Waals surface area contributed by atoms with Gasteiger partial charge in [0.2, 0.25) is 5.95 Å². The van der Waals surface area contributed by atoms with Crippen LogP contribution in [0.1, 0.15) is 21.7 Å². The summed E-state index contributed by atoms with van der Waals surface area (Å²) >= 11 is 0. The second-order valence-electron chi connectivity index (χ2n) is 4.92. The second-order valence-corrected chi connectivity index (χ2v) is 4.92. The summed E-state index contributed by atoms with van der Waals surface area (Å²) in [6.07, 6.45) is -2.92. The Morgan fingerprint density at radius 3 is 2.71 bits per heavy atom. The number of carbonyl (C=O) groups is 1. The lowest BCUT2D eigenvalue weighted by Crippen LogP contribution is -2.24. The van der Waals surface area contributed by atoms with Crippen molar-refractivity contribution in [1.82, 2.24) is 15.3 Å². The molecule has 0 unspecified atom stereocenters. The van der Waals surface area contributed by atoms with Gasteiger partial charge in [-0.2, -0.15) is 13.2 Å². The Morgan fingerprint density at radius 2 is 2.04 bits per heavy atom. The van der Waals surface area contributed by atoms with E-state index in [0.717, 1.165) is 12.1 Å². The SMILES string of the molecule is C=CCNC(=O)c1cc(C)nc(Nc2cccc(C(F)(F)F)c2)n1. The highest BCUT2D eigenvalue weighted by Gasteiger charge is 2.30. The summed E-state index contributed by atoms with van der Waals surface area (Å²) in [5.74, 6) is -0.384. The van der Waals surface area contributed by atoms with Crippen LogP contribution in [0.5, 0.6) is 0 Å². The van der Waals surface area contributed by atoms with E-state index in [0.29, 0.717) is 5.69 Å². The molecule has 0 aliphatic carbocycles. The van der Waals surface area contributed by atoms with Gasteiger partial charge in [0.25, 0.3) is 5.91 Å². The molecule has 1 heterocycles. The first-order valence-corrected chi connectivity index (χ1v) is 6.98. The third kappa shape index (κ3) is 4.55. The van der Waals surface area contributed by atoms with Crippen molar-refractivity contribution in [3.8, 4) is 0 Å². The molecule has 2 N–H and O–H groups in total. The predicted octanol–water partition coefficient (Wildman–Crippen LogP) is 3.46. The maximum atomic E-state index is 12.7. The van der Waals surface area contributed by atoms with Crippen LogP contribution < -0.4 is 10.6 Å². The molecule has 0 bridgehead atoms. The smallest absolute Gasteiger partial charge is 0.347 e. The number of rotatable bonds is 5. The van der Waals surface area contributed by atoms with Crippen molar-refractivity contribution >= 4 is 17.5 Å². The van der Waals surface area contributed by atoms with E-state index in [1.165, 1.54) is 24.3 Å². The van der Waals surface area contributed by atoms with Crippen molar-refractivity contribution in [2.45, 2.75) is 13.1 Å². The van der Waals surface area contributed by atoms with Gasteiger partial charge in [-0.25, -0.2) is 9.97 Å². The molecular weight excluding hydrogens is 321 g/mol. The molecule has 8 heteroatoms. The van der Waals surface area contributed by atoms with Crippen LogP contribution in [0.15, 0.2) is 43.0 Å². The number of hydrogen-bond donors (Lipinski definition) is 2. The van der Waals surface area contributed by atoms with Crippen LogP contribution in [0.4, 0.5) is 24.8 Å². The van der Waals surface area contributed by atoms with Crippen molar-refractivity contribution in [2.75, 3.05) is 11.9 Å². The molecule has 126 valence electrons. The third-order valence-corrected chi connectivity index (χ3v) is 2.94. The van der Waals surface area contributed by atoms with Crippen LogP contribution in [0.25, 0.3) is 0 Å². The van der Waals surface area contributed by atoms with Crippen molar-refractivity contribution < 1.29 is 18.0 Å². The zero-order chi connectivity index (χ0) is 17.7. The van der Waals surface area contributed by atoms with Gasteiger partial charge in [-0.1, -0.05) is 12.1 Å². The molecule has 1 aromatic carbocycles. The average Bonchev–Trinajstić information content (AvgIpc) is 2.51. The fraction of sp³-hybridized carbons (Fsp3) is 0.188. The maximum absolute atomic E-state index is 12.7. The number of alkyl halides is 3. The number of amides is 1. The van der Waals surface area contributed by atoms with Gasteiger partial charge in [-0.3, -0.25) is 4.79 Å². The fourth-order valence-corrected chi connectivity index (χ4v) is 1.90. The largest absolute Gasteiger partial charge is 0.416 e. The van der Waals surface area contributed by atoms with Gasteiger partial charge in [-0.15, -0.1) is 6.58 Å². The number of nitrogens with one attached hydrogen (secondary N) is 2. The van der Waals surface area contributed by atoms with Crippen LogP contribution in [-0.4, -0.2) is 22.4 Å². The maximum Gasteiger partial charge on any atom is 0.416 e. The molecule has 0 radical (unpaired) electrons. The Hall–Kier alpha value is -2.90. The highest BCUT2D eigenvalue weighted by molar-refractivity contribution is 5.92. The monoisotopic (exact) mass is 336 g/mol. The standard InChI is InChI=1S/C16H15F3N4O/c1-3-7-20-14(24)13-8-10(2)21-15(23-13)22-12-6-4-5-11(9-12)16(17,18)19/h3-6,8-9H,1,7H2,2H3,(H,20,24)(H,21,22,23). The molecule has 2 rings (SSSR count). The van der Waals surface area contributed by atoms with Crippen molar-refractivity contribution in [1.29, 1.82) is 0 Å². The van der Waals surface area contributed by atoms with E-state index < -0.39 is 17.6 Å². The van der Waals surface area contributed by atoms with Gasteiger partial charge in [0.1, 0.15) is 5.69 Å². The van der Waals surface area contributed by atoms with E-state index in [2.05, 4.69) is 27.2 Å². The molecule has 0 aliphatic rings. The van der Waals surface area contributed by atoms with Crippen molar-refractivity contribution in [3.63, 3.8) is 0 Å². The number of hydrogen-bond acceptors (Lipinski definition) is 4. The molecule has 2 aromatic rings. The minimum absolute atomic E-state index is 0.0399. The Morgan fingerprint density at radius 1 is 1.29 bits per heavy atom. The molecule has 0 spiro atoms. The Balaban J connectivity index is 2.25. The lowest BCUT2D eigenvalue weighted by molar-refractivity contribution is -0.137. The van der Waals surface area contributed by atoms with Crippen LogP contribution in [0, 0.1) is 6.92 Å². The molecule has 5 nitrogen and oxygen atoms in total. The Bertz CT molecular complexity index is 759. The Kier molecular flexibility index (Phi) is 5.18. The number of anilines is 2. The lowest BCUT2D eigenvalue weighted by Gasteiger charge is -2.11. The van der Waals surface area contributed by atoms with Crippen molar-refractivity contribution in [2.24, 2.45) is 0 Å². The molecule has 1 aromatic heterocycles. The van der Waals surface area contributed by atoms with Crippen LogP contribution in [-0.2, 0) is 6.18 Å². The van der Waals surface area contributed by atoms with E-state index in [1.54, 1.807) is 6.92 Å². The van der Waals surface area contributed by atoms with E-state index in [9.17, 15) is 18.0 Å². The second kappa shape index (κ2) is 7.12. The minimum atomic E-state index is -4.44. The molecule has 1 amide bonds. The van der Waals surface area contributed by atoms with Crippen LogP contribution in [0.2, 0.25) is 0 Å². The van der Waals surface area contributed by atoms with Gasteiger partial charge < -0.3 is 10.6 Å². The van der Waals surface area contributed by atoms with E-state index >= 15 is 0 Å². The highest BCUT2D eigenvalue weighted by atomic mass is 19.4. The normalized spacial score (nSPS) is 11.0. The number of halogens is 3. The first-order chi connectivity index (χ1) is 11.3. The number of benzene rings is 1. The highest BCUT2D eigenvalue weighted by Crippen LogP contribution is 2.31. The molecule has 0 saturated carbocycles. The van der Waals surface area contributed by atoms with E-state index in [4.69, 9.17) is 0 Å². The average molecular weight is 336 g/mol. The first-order valence-electron chi connectivity index (χ1n) is 6.98. The number of carbonyl (C=O) groups excluding carboxylic acids is 1. The van der Waals surface area contributed by atoms with Gasteiger partial charge in [-0.05, 0) is 31.2 Å². The zero-order valence-electron chi connectivity index (χ0n) is 12.8. The summed E-state index contributed by atoms with van der Waals surface area (Å²) in [5.41, 5.74) is -0.000896. The van der Waals surface area contributed by atoms with Crippen LogP contribution >= 0.6 is 0 Å². The summed E-state index contributed by atoms with van der Waals surface area (Å²) in [4.78, 5) is 20.0. The summed E-state index contributed by atoms with van der Waals surface area (Å²) in [7, 11) is 0. The minimum Gasteiger partial charge on any atom is -0.347 e. The number of aromatic nitrogens is 2. The van der Waals surface area contributed by atoms with E-state index in [1.807, 2.05) is 0 Å². The fourth-order valence-electron chi connectivity index (χ4n) is 1.90. The predicted molar refractivity (Wildman–Crippen MR) is 84.0 cm³/mol. The van der Waals surface area contributed by atoms with Gasteiger partial charge in [0.05, 0.1) is 5.56 Å². The Labute approximate surface area is 136 Å². The number of aryl methyl sites for hydroxylation is 1. The van der Waals surface area contributed by atoms with Gasteiger partial charge >= 0.3 is 6.18 Å². The molecule has 24 heavy (non-hydrogen) atoms. The summed E-state index contributed by atoms with van der Waals surface area (Å²) in [5, 5.41) is 5.26. The summed E-state index contributed by atoms with van der Waals surface area (Å²) in [6, 6.07) is 6.13. The molecule has 0 fully saturated rings. The van der Waals surface area contributed by atoms with E-state index in [-0.39, 0.29) is 23.9 Å². The molecule has 0 atom stereocenters.